The van der Waals surface area contributed by atoms with Crippen LogP contribution in [-0.4, -0.2) is 19.7 Å². The molecule has 0 aliphatic carbocycles. The van der Waals surface area contributed by atoms with Crippen LogP contribution < -0.4 is 16.0 Å². The van der Waals surface area contributed by atoms with E-state index in [-0.39, 0.29) is 0 Å². The summed E-state index contributed by atoms with van der Waals surface area (Å²) in [5.41, 5.74) is 8.08. The Morgan fingerprint density at radius 3 is 2.73 bits per heavy atom. The van der Waals surface area contributed by atoms with Crippen LogP contribution in [-0.2, 0) is 11.3 Å². The summed E-state index contributed by atoms with van der Waals surface area (Å²) in [7, 11) is 2.02. The van der Waals surface area contributed by atoms with E-state index in [1.807, 2.05) is 19.2 Å². The first-order valence-electron chi connectivity index (χ1n) is 7.09. The lowest BCUT2D eigenvalue weighted by atomic mass is 10.2. The van der Waals surface area contributed by atoms with E-state index in [4.69, 9.17) is 10.5 Å². The maximum absolute atomic E-state index is 11.4. The third kappa shape index (κ3) is 4.14. The third-order valence-corrected chi connectivity index (χ3v) is 4.16. The average Bonchev–Trinajstić information content (AvgIpc) is 2.86. The molecule has 0 spiro atoms. The smallest absolute Gasteiger partial charge is 0.411 e. The fraction of sp³-hybridized carbons (Fsp3) is 0.312. The van der Waals surface area contributed by atoms with Gasteiger partial charge in [-0.3, -0.25) is 5.32 Å². The average molecular weight is 319 g/mol. The van der Waals surface area contributed by atoms with Crippen LogP contribution in [0.25, 0.3) is 0 Å². The lowest BCUT2D eigenvalue weighted by Crippen LogP contribution is -2.17. The van der Waals surface area contributed by atoms with Crippen molar-refractivity contribution in [3.63, 3.8) is 0 Å². The lowest BCUT2D eigenvalue weighted by molar-refractivity contribution is 0.168. The SMILES string of the molecule is CCOC(=O)Nc1ccc(N(C)Cc2ccc(C)s2)cc1N. The van der Waals surface area contributed by atoms with Gasteiger partial charge >= 0.3 is 6.09 Å². The second kappa shape index (κ2) is 7.17. The molecule has 1 aromatic carbocycles. The van der Waals surface area contributed by atoms with Gasteiger partial charge in [-0.05, 0) is 44.2 Å². The zero-order valence-electron chi connectivity index (χ0n) is 13.1. The van der Waals surface area contributed by atoms with E-state index >= 15 is 0 Å². The number of carbonyl (C=O) groups is 1. The number of nitrogens with zero attached hydrogens (tertiary/aromatic N) is 1. The molecule has 1 aromatic heterocycles. The minimum atomic E-state index is -0.496. The molecule has 0 saturated carbocycles. The van der Waals surface area contributed by atoms with Crippen molar-refractivity contribution < 1.29 is 9.53 Å². The van der Waals surface area contributed by atoms with Crippen molar-refractivity contribution >= 4 is 34.5 Å². The van der Waals surface area contributed by atoms with Gasteiger partial charge in [-0.15, -0.1) is 11.3 Å². The second-order valence-corrected chi connectivity index (χ2v) is 6.36. The number of hydrogen-bond acceptors (Lipinski definition) is 5. The molecular weight excluding hydrogens is 298 g/mol. The molecule has 0 atom stereocenters. The van der Waals surface area contributed by atoms with Crippen LogP contribution >= 0.6 is 11.3 Å². The van der Waals surface area contributed by atoms with Gasteiger partial charge in [-0.1, -0.05) is 0 Å². The van der Waals surface area contributed by atoms with Gasteiger partial charge in [0.15, 0.2) is 0 Å². The zero-order chi connectivity index (χ0) is 16.1. The van der Waals surface area contributed by atoms with E-state index in [0.717, 1.165) is 12.2 Å². The van der Waals surface area contributed by atoms with E-state index in [2.05, 4.69) is 29.3 Å². The number of hydrogen-bond donors (Lipinski definition) is 2. The quantitative estimate of drug-likeness (QED) is 0.822. The van der Waals surface area contributed by atoms with Crippen molar-refractivity contribution in [2.24, 2.45) is 0 Å². The molecule has 0 aliphatic rings. The van der Waals surface area contributed by atoms with Crippen molar-refractivity contribution in [2.75, 3.05) is 29.6 Å². The highest BCUT2D eigenvalue weighted by Gasteiger charge is 2.09. The minimum Gasteiger partial charge on any atom is -0.450 e. The van der Waals surface area contributed by atoms with E-state index in [9.17, 15) is 4.79 Å². The van der Waals surface area contributed by atoms with Crippen molar-refractivity contribution in [1.29, 1.82) is 0 Å². The number of anilines is 3. The first-order chi connectivity index (χ1) is 10.5. The predicted molar refractivity (Wildman–Crippen MR) is 92.7 cm³/mol. The molecule has 6 heteroatoms. The maximum Gasteiger partial charge on any atom is 0.411 e. The number of nitrogens with one attached hydrogen (secondary N) is 1. The van der Waals surface area contributed by atoms with Gasteiger partial charge in [0.25, 0.3) is 0 Å². The molecule has 22 heavy (non-hydrogen) atoms. The van der Waals surface area contributed by atoms with Crippen LogP contribution in [0.2, 0.25) is 0 Å². The number of amides is 1. The van der Waals surface area contributed by atoms with Crippen LogP contribution in [0.3, 0.4) is 0 Å². The summed E-state index contributed by atoms with van der Waals surface area (Å²) in [6.45, 7) is 5.00. The second-order valence-electron chi connectivity index (χ2n) is 4.99. The van der Waals surface area contributed by atoms with Crippen LogP contribution in [0.4, 0.5) is 21.9 Å². The molecule has 0 radical (unpaired) electrons. The summed E-state index contributed by atoms with van der Waals surface area (Å²) in [6, 6.07) is 9.82. The van der Waals surface area contributed by atoms with Crippen molar-refractivity contribution in [3.8, 4) is 0 Å². The topological polar surface area (TPSA) is 67.6 Å². The van der Waals surface area contributed by atoms with E-state index < -0.39 is 6.09 Å². The van der Waals surface area contributed by atoms with Crippen LogP contribution in [0.1, 0.15) is 16.7 Å². The molecule has 0 fully saturated rings. The number of thiophene rings is 1. The summed E-state index contributed by atoms with van der Waals surface area (Å²) >= 11 is 1.79. The maximum atomic E-state index is 11.4. The van der Waals surface area contributed by atoms with Gasteiger partial charge in [-0.25, -0.2) is 4.79 Å². The highest BCUT2D eigenvalue weighted by Crippen LogP contribution is 2.27. The molecule has 1 amide bonds. The third-order valence-electron chi connectivity index (χ3n) is 3.18. The first-order valence-corrected chi connectivity index (χ1v) is 7.91. The molecule has 0 saturated heterocycles. The molecule has 1 heterocycles. The van der Waals surface area contributed by atoms with Crippen LogP contribution in [0, 0.1) is 6.92 Å². The lowest BCUT2D eigenvalue weighted by Gasteiger charge is -2.20. The molecule has 118 valence electrons. The molecule has 5 nitrogen and oxygen atoms in total. The monoisotopic (exact) mass is 319 g/mol. The molecule has 0 aliphatic heterocycles. The summed E-state index contributed by atoms with van der Waals surface area (Å²) in [6.07, 6.45) is -0.496. The predicted octanol–water partition coefficient (Wildman–Crippen LogP) is 3.84. The summed E-state index contributed by atoms with van der Waals surface area (Å²) in [5, 5.41) is 2.63. The van der Waals surface area contributed by atoms with Gasteiger partial charge in [0, 0.05) is 22.5 Å². The Morgan fingerprint density at radius 1 is 1.36 bits per heavy atom. The molecule has 2 aromatic rings. The summed E-state index contributed by atoms with van der Waals surface area (Å²) < 4.78 is 4.85. The standard InChI is InChI=1S/C16H21N3O2S/c1-4-21-16(20)18-15-8-6-12(9-14(15)17)19(3)10-13-7-5-11(2)22-13/h5-9H,4,10,17H2,1-3H3,(H,18,20). The number of rotatable bonds is 5. The summed E-state index contributed by atoms with van der Waals surface area (Å²) in [5.74, 6) is 0. The Balaban J connectivity index is 2.06. The fourth-order valence-corrected chi connectivity index (χ4v) is 3.02. The Labute approximate surface area is 134 Å². The molecule has 3 N–H and O–H groups in total. The largest absolute Gasteiger partial charge is 0.450 e. The number of carbonyl (C=O) groups excluding carboxylic acids is 1. The summed E-state index contributed by atoms with van der Waals surface area (Å²) in [4.78, 5) is 16.2. The van der Waals surface area contributed by atoms with Gasteiger partial charge in [0.05, 0.1) is 24.5 Å². The number of ether oxygens (including phenoxy) is 1. The number of nitrogen functional groups attached to an aromatic ring is 1. The van der Waals surface area contributed by atoms with Crippen LogP contribution in [0.5, 0.6) is 0 Å². The zero-order valence-corrected chi connectivity index (χ0v) is 13.9. The van der Waals surface area contributed by atoms with E-state index in [0.29, 0.717) is 18.0 Å². The highest BCUT2D eigenvalue weighted by molar-refractivity contribution is 7.11. The van der Waals surface area contributed by atoms with Gasteiger partial charge in [0.2, 0.25) is 0 Å². The van der Waals surface area contributed by atoms with Crippen LogP contribution in [0.15, 0.2) is 30.3 Å². The van der Waals surface area contributed by atoms with Gasteiger partial charge in [-0.2, -0.15) is 0 Å². The van der Waals surface area contributed by atoms with Crippen molar-refractivity contribution in [1.82, 2.24) is 0 Å². The number of benzene rings is 1. The van der Waals surface area contributed by atoms with E-state index in [1.54, 1.807) is 24.3 Å². The Kier molecular flexibility index (Phi) is 5.27. The Morgan fingerprint density at radius 2 is 2.14 bits per heavy atom. The molecule has 0 bridgehead atoms. The van der Waals surface area contributed by atoms with Gasteiger partial charge in [0.1, 0.15) is 0 Å². The van der Waals surface area contributed by atoms with Gasteiger partial charge < -0.3 is 15.4 Å². The number of aryl methyl sites for hydroxylation is 1. The normalized spacial score (nSPS) is 10.3. The molecule has 0 unspecified atom stereocenters. The van der Waals surface area contributed by atoms with Crippen molar-refractivity contribution in [3.05, 3.63) is 40.1 Å². The molecule has 2 rings (SSSR count). The highest BCUT2D eigenvalue weighted by atomic mass is 32.1. The Bertz CT molecular complexity index is 655. The van der Waals surface area contributed by atoms with E-state index in [1.165, 1.54) is 9.75 Å². The fourth-order valence-electron chi connectivity index (χ4n) is 2.07. The minimum absolute atomic E-state index is 0.326. The Hall–Kier alpha value is -2.21. The number of nitrogens with two attached hydrogens (primary N) is 1. The first kappa shape index (κ1) is 16.2. The van der Waals surface area contributed by atoms with Crippen molar-refractivity contribution in [2.45, 2.75) is 20.4 Å². The molecular formula is C16H21N3O2S.